The summed E-state index contributed by atoms with van der Waals surface area (Å²) in [5.74, 6) is -0.917. The molecule has 3 N–H and O–H groups in total. The van der Waals surface area contributed by atoms with Crippen molar-refractivity contribution in [2.45, 2.75) is 53.0 Å². The molecule has 0 fully saturated rings. The Morgan fingerprint density at radius 2 is 1.65 bits per heavy atom. The number of urea groups is 1. The van der Waals surface area contributed by atoms with E-state index in [1.807, 2.05) is 13.8 Å². The van der Waals surface area contributed by atoms with Gasteiger partial charge in [-0.25, -0.2) is 4.79 Å². The number of carboxylic acids is 1. The van der Waals surface area contributed by atoms with Gasteiger partial charge in [-0.1, -0.05) is 20.8 Å². The van der Waals surface area contributed by atoms with Gasteiger partial charge in [0.25, 0.3) is 0 Å². The normalized spacial score (nSPS) is 12.1. The number of carbonyl (C=O) groups is 2. The lowest BCUT2D eigenvalue weighted by molar-refractivity contribution is -0.136. The average molecular weight is 244 g/mol. The minimum atomic E-state index is -0.917. The summed E-state index contributed by atoms with van der Waals surface area (Å²) >= 11 is 0. The van der Waals surface area contributed by atoms with E-state index in [2.05, 4.69) is 31.4 Å². The molecule has 0 aromatic heterocycles. The van der Waals surface area contributed by atoms with Gasteiger partial charge in [0.05, 0.1) is 6.42 Å². The Balaban J connectivity index is 4.05. The van der Waals surface area contributed by atoms with Gasteiger partial charge in [0.1, 0.15) is 0 Å². The molecule has 100 valence electrons. The van der Waals surface area contributed by atoms with Crippen LogP contribution in [0.4, 0.5) is 4.79 Å². The Morgan fingerprint density at radius 3 is 2.06 bits per heavy atom. The van der Waals surface area contributed by atoms with E-state index < -0.39 is 5.97 Å². The van der Waals surface area contributed by atoms with Crippen LogP contribution in [0, 0.1) is 5.41 Å². The van der Waals surface area contributed by atoms with Crippen LogP contribution in [0.3, 0.4) is 0 Å². The molecule has 5 nitrogen and oxygen atoms in total. The second-order valence-electron chi connectivity index (χ2n) is 6.15. The zero-order valence-electron chi connectivity index (χ0n) is 11.4. The van der Waals surface area contributed by atoms with Crippen molar-refractivity contribution in [1.82, 2.24) is 10.6 Å². The molecule has 0 atom stereocenters. The fraction of sp³-hybridized carbons (Fsp3) is 0.833. The molecule has 0 unspecified atom stereocenters. The highest BCUT2D eigenvalue weighted by molar-refractivity contribution is 5.75. The van der Waals surface area contributed by atoms with E-state index in [0.717, 1.165) is 6.42 Å². The minimum Gasteiger partial charge on any atom is -0.481 e. The zero-order chi connectivity index (χ0) is 13.7. The largest absolute Gasteiger partial charge is 0.481 e. The summed E-state index contributed by atoms with van der Waals surface area (Å²) in [6, 6.07) is -0.319. The van der Waals surface area contributed by atoms with Crippen molar-refractivity contribution in [2.24, 2.45) is 5.41 Å². The topological polar surface area (TPSA) is 78.4 Å². The maximum absolute atomic E-state index is 11.5. The van der Waals surface area contributed by atoms with Crippen molar-refractivity contribution >= 4 is 12.0 Å². The third-order valence-corrected chi connectivity index (χ3v) is 2.05. The first-order valence-corrected chi connectivity index (χ1v) is 5.80. The standard InChI is InChI=1S/C12H24N2O3/c1-11(2,3)8-12(4,5)14-10(17)13-7-6-9(15)16/h6-8H2,1-5H3,(H,15,16)(H2,13,14,17). The molecule has 0 aromatic rings. The first-order valence-electron chi connectivity index (χ1n) is 5.80. The Bertz CT molecular complexity index is 280. The number of aliphatic carboxylic acids is 1. The summed E-state index contributed by atoms with van der Waals surface area (Å²) < 4.78 is 0. The molecule has 0 aliphatic rings. The molecule has 0 radical (unpaired) electrons. The molecule has 17 heavy (non-hydrogen) atoms. The van der Waals surface area contributed by atoms with Crippen LogP contribution in [0.2, 0.25) is 0 Å². The van der Waals surface area contributed by atoms with Crippen LogP contribution >= 0.6 is 0 Å². The maximum atomic E-state index is 11.5. The molecule has 0 saturated carbocycles. The lowest BCUT2D eigenvalue weighted by Gasteiger charge is -2.33. The van der Waals surface area contributed by atoms with Crippen LogP contribution in [0.5, 0.6) is 0 Å². The number of amides is 2. The second kappa shape index (κ2) is 5.89. The Kier molecular flexibility index (Phi) is 5.45. The van der Waals surface area contributed by atoms with E-state index in [1.165, 1.54) is 0 Å². The molecule has 2 amide bonds. The van der Waals surface area contributed by atoms with E-state index in [9.17, 15) is 9.59 Å². The van der Waals surface area contributed by atoms with Crippen molar-refractivity contribution in [1.29, 1.82) is 0 Å². The minimum absolute atomic E-state index is 0.0624. The monoisotopic (exact) mass is 244 g/mol. The summed E-state index contributed by atoms with van der Waals surface area (Å²) in [6.45, 7) is 10.4. The Labute approximate surface area is 103 Å². The number of rotatable bonds is 5. The number of hydrogen-bond acceptors (Lipinski definition) is 2. The lowest BCUT2D eigenvalue weighted by atomic mass is 9.82. The summed E-state index contributed by atoms with van der Waals surface area (Å²) in [5, 5.41) is 13.8. The number of carboxylic acid groups (broad SMARTS) is 1. The van der Waals surface area contributed by atoms with Crippen molar-refractivity contribution in [2.75, 3.05) is 6.54 Å². The van der Waals surface area contributed by atoms with Crippen molar-refractivity contribution in [3.8, 4) is 0 Å². The molecule has 0 rings (SSSR count). The first kappa shape index (κ1) is 15.7. The molecule has 5 heteroatoms. The number of hydrogen-bond donors (Lipinski definition) is 3. The number of nitrogens with one attached hydrogen (secondary N) is 2. The van der Waals surface area contributed by atoms with Crippen molar-refractivity contribution < 1.29 is 14.7 Å². The summed E-state index contributed by atoms with van der Waals surface area (Å²) in [4.78, 5) is 21.8. The highest BCUT2D eigenvalue weighted by Crippen LogP contribution is 2.26. The summed E-state index contributed by atoms with van der Waals surface area (Å²) in [6.07, 6.45) is 0.777. The van der Waals surface area contributed by atoms with Crippen molar-refractivity contribution in [3.05, 3.63) is 0 Å². The highest BCUT2D eigenvalue weighted by atomic mass is 16.4. The van der Waals surface area contributed by atoms with Gasteiger partial charge in [0, 0.05) is 12.1 Å². The number of carbonyl (C=O) groups excluding carboxylic acids is 1. The molecule has 0 saturated heterocycles. The SMILES string of the molecule is CC(C)(C)CC(C)(C)NC(=O)NCCC(=O)O. The van der Waals surface area contributed by atoms with E-state index in [-0.39, 0.29) is 30.0 Å². The van der Waals surface area contributed by atoms with E-state index in [1.54, 1.807) is 0 Å². The molecule has 0 heterocycles. The third kappa shape index (κ3) is 9.66. The smallest absolute Gasteiger partial charge is 0.315 e. The average Bonchev–Trinajstić information content (AvgIpc) is 1.95. The molecular weight excluding hydrogens is 220 g/mol. The Hall–Kier alpha value is -1.26. The van der Waals surface area contributed by atoms with Crippen LogP contribution in [0.1, 0.15) is 47.5 Å². The lowest BCUT2D eigenvalue weighted by Crippen LogP contribution is -2.50. The van der Waals surface area contributed by atoms with Gasteiger partial charge in [-0.15, -0.1) is 0 Å². The van der Waals surface area contributed by atoms with E-state index in [0.29, 0.717) is 0 Å². The van der Waals surface area contributed by atoms with Gasteiger partial charge in [0.15, 0.2) is 0 Å². The molecule has 0 aromatic carbocycles. The highest BCUT2D eigenvalue weighted by Gasteiger charge is 2.26. The van der Waals surface area contributed by atoms with E-state index >= 15 is 0 Å². The summed E-state index contributed by atoms with van der Waals surface area (Å²) in [5.41, 5.74) is -0.191. The molecule has 0 aliphatic heterocycles. The molecular formula is C12H24N2O3. The van der Waals surface area contributed by atoms with Crippen LogP contribution in [0.25, 0.3) is 0 Å². The van der Waals surface area contributed by atoms with Gasteiger partial charge >= 0.3 is 12.0 Å². The van der Waals surface area contributed by atoms with Crippen LogP contribution in [-0.2, 0) is 4.79 Å². The zero-order valence-corrected chi connectivity index (χ0v) is 11.4. The fourth-order valence-corrected chi connectivity index (χ4v) is 2.00. The molecule has 0 aliphatic carbocycles. The van der Waals surface area contributed by atoms with Gasteiger partial charge in [0.2, 0.25) is 0 Å². The van der Waals surface area contributed by atoms with Gasteiger partial charge < -0.3 is 15.7 Å². The maximum Gasteiger partial charge on any atom is 0.315 e. The van der Waals surface area contributed by atoms with E-state index in [4.69, 9.17) is 5.11 Å². The van der Waals surface area contributed by atoms with Crippen LogP contribution in [-0.4, -0.2) is 29.2 Å². The fourth-order valence-electron chi connectivity index (χ4n) is 2.00. The Morgan fingerprint density at radius 1 is 1.12 bits per heavy atom. The quantitative estimate of drug-likeness (QED) is 0.692. The van der Waals surface area contributed by atoms with Crippen molar-refractivity contribution in [3.63, 3.8) is 0 Å². The van der Waals surface area contributed by atoms with Gasteiger partial charge in [-0.3, -0.25) is 4.79 Å². The second-order valence-corrected chi connectivity index (χ2v) is 6.15. The summed E-state index contributed by atoms with van der Waals surface area (Å²) in [7, 11) is 0. The third-order valence-electron chi connectivity index (χ3n) is 2.05. The van der Waals surface area contributed by atoms with Crippen LogP contribution in [0.15, 0.2) is 0 Å². The molecule has 0 bridgehead atoms. The first-order chi connectivity index (χ1) is 7.52. The van der Waals surface area contributed by atoms with Crippen LogP contribution < -0.4 is 10.6 Å². The molecule has 0 spiro atoms. The van der Waals surface area contributed by atoms with Gasteiger partial charge in [-0.05, 0) is 25.7 Å². The predicted molar refractivity (Wildman–Crippen MR) is 66.9 cm³/mol. The van der Waals surface area contributed by atoms with Gasteiger partial charge in [-0.2, -0.15) is 0 Å². The predicted octanol–water partition coefficient (Wildman–Crippen LogP) is 1.98.